The summed E-state index contributed by atoms with van der Waals surface area (Å²) in [6.07, 6.45) is 0. The van der Waals surface area contributed by atoms with Gasteiger partial charge in [-0.05, 0) is 35.4 Å². The van der Waals surface area contributed by atoms with Crippen molar-refractivity contribution in [1.82, 2.24) is 0 Å². The van der Waals surface area contributed by atoms with Crippen molar-refractivity contribution in [2.45, 2.75) is 10.5 Å². The fraction of sp³-hybridized carbons (Fsp3) is 0.217. The second kappa shape index (κ2) is 7.88. The molecule has 0 N–H and O–H groups in total. The van der Waals surface area contributed by atoms with Gasteiger partial charge in [0.25, 0.3) is 0 Å². The summed E-state index contributed by atoms with van der Waals surface area (Å²) in [6, 6.07) is 30.2. The molecule has 0 saturated carbocycles. The van der Waals surface area contributed by atoms with Gasteiger partial charge >= 0.3 is 0 Å². The van der Waals surface area contributed by atoms with E-state index < -0.39 is 0 Å². The SMILES string of the molecule is COc1ccc(N2CC(c3ccccc3)SC(c3ccccc3)C2)cc1. The molecular formula is C23H23NOS. The molecule has 1 aliphatic heterocycles. The molecule has 1 saturated heterocycles. The van der Waals surface area contributed by atoms with E-state index in [-0.39, 0.29) is 0 Å². The normalized spacial score (nSPS) is 20.0. The van der Waals surface area contributed by atoms with Gasteiger partial charge in [0.05, 0.1) is 7.11 Å². The average Bonchev–Trinajstić information content (AvgIpc) is 2.75. The predicted molar refractivity (Wildman–Crippen MR) is 111 cm³/mol. The van der Waals surface area contributed by atoms with E-state index in [2.05, 4.69) is 89.5 Å². The fourth-order valence-corrected chi connectivity index (χ4v) is 5.02. The predicted octanol–water partition coefficient (Wildman–Crippen LogP) is 5.73. The van der Waals surface area contributed by atoms with Crippen LogP contribution in [0.4, 0.5) is 5.69 Å². The number of rotatable bonds is 4. The molecule has 3 aromatic rings. The molecule has 1 aliphatic rings. The molecule has 2 unspecified atom stereocenters. The van der Waals surface area contributed by atoms with Crippen molar-refractivity contribution in [3.8, 4) is 5.75 Å². The van der Waals surface area contributed by atoms with Gasteiger partial charge in [0.15, 0.2) is 0 Å². The molecule has 0 spiro atoms. The Kier molecular flexibility index (Phi) is 5.16. The van der Waals surface area contributed by atoms with Crippen LogP contribution in [0.5, 0.6) is 5.75 Å². The van der Waals surface area contributed by atoms with Gasteiger partial charge in [0.2, 0.25) is 0 Å². The second-order valence-electron chi connectivity index (χ2n) is 6.54. The Morgan fingerprint density at radius 3 is 1.69 bits per heavy atom. The number of hydrogen-bond donors (Lipinski definition) is 0. The molecule has 1 fully saturated rings. The molecule has 4 rings (SSSR count). The molecule has 0 amide bonds. The third-order valence-corrected chi connectivity index (χ3v) is 6.38. The first-order valence-corrected chi connectivity index (χ1v) is 9.92. The summed E-state index contributed by atoms with van der Waals surface area (Å²) in [5.41, 5.74) is 4.06. The smallest absolute Gasteiger partial charge is 0.119 e. The maximum absolute atomic E-state index is 5.31. The quantitative estimate of drug-likeness (QED) is 0.589. The number of thioether (sulfide) groups is 1. The van der Waals surface area contributed by atoms with E-state index in [1.54, 1.807) is 7.11 Å². The molecule has 2 atom stereocenters. The zero-order valence-electron chi connectivity index (χ0n) is 14.9. The van der Waals surface area contributed by atoms with Crippen molar-refractivity contribution in [3.63, 3.8) is 0 Å². The average molecular weight is 362 g/mol. The van der Waals surface area contributed by atoms with Crippen LogP contribution in [0.2, 0.25) is 0 Å². The van der Waals surface area contributed by atoms with Crippen LogP contribution in [-0.2, 0) is 0 Å². The summed E-state index contributed by atoms with van der Waals surface area (Å²) in [4.78, 5) is 2.51. The van der Waals surface area contributed by atoms with Crippen molar-refractivity contribution in [2.75, 3.05) is 25.1 Å². The van der Waals surface area contributed by atoms with E-state index in [1.807, 2.05) is 12.1 Å². The largest absolute Gasteiger partial charge is 0.497 e. The highest BCUT2D eigenvalue weighted by atomic mass is 32.2. The van der Waals surface area contributed by atoms with Crippen LogP contribution in [0.3, 0.4) is 0 Å². The molecule has 0 aromatic heterocycles. The molecule has 0 aliphatic carbocycles. The lowest BCUT2D eigenvalue weighted by atomic mass is 10.1. The maximum atomic E-state index is 5.31. The number of nitrogens with zero attached hydrogens (tertiary/aromatic N) is 1. The minimum Gasteiger partial charge on any atom is -0.497 e. The van der Waals surface area contributed by atoms with Crippen molar-refractivity contribution < 1.29 is 4.74 Å². The Morgan fingerprint density at radius 1 is 0.731 bits per heavy atom. The Hall–Kier alpha value is -2.39. The standard InChI is InChI=1S/C23H23NOS/c1-25-21-14-12-20(13-15-21)24-16-22(18-8-4-2-5-9-18)26-23(17-24)19-10-6-3-7-11-19/h2-15,22-23H,16-17H2,1H3. The van der Waals surface area contributed by atoms with Crippen LogP contribution < -0.4 is 9.64 Å². The van der Waals surface area contributed by atoms with Crippen LogP contribution in [0.1, 0.15) is 21.6 Å². The molecule has 0 bridgehead atoms. The lowest BCUT2D eigenvalue weighted by molar-refractivity contribution is 0.415. The Balaban J connectivity index is 1.64. The number of ether oxygens (including phenoxy) is 1. The molecule has 132 valence electrons. The summed E-state index contributed by atoms with van der Waals surface area (Å²) in [7, 11) is 1.71. The monoisotopic (exact) mass is 361 g/mol. The zero-order valence-corrected chi connectivity index (χ0v) is 15.7. The lowest BCUT2D eigenvalue weighted by Crippen LogP contribution is -2.36. The van der Waals surface area contributed by atoms with E-state index in [0.717, 1.165) is 18.8 Å². The molecular weight excluding hydrogens is 338 g/mol. The Morgan fingerprint density at radius 2 is 1.23 bits per heavy atom. The number of benzene rings is 3. The van der Waals surface area contributed by atoms with Gasteiger partial charge in [0, 0.05) is 29.3 Å². The Bertz CT molecular complexity index is 772. The summed E-state index contributed by atoms with van der Waals surface area (Å²) in [5, 5.41) is 0.912. The highest BCUT2D eigenvalue weighted by Gasteiger charge is 2.29. The third-order valence-electron chi connectivity index (χ3n) is 4.88. The van der Waals surface area contributed by atoms with E-state index in [1.165, 1.54) is 16.8 Å². The molecule has 26 heavy (non-hydrogen) atoms. The lowest BCUT2D eigenvalue weighted by Gasteiger charge is -2.39. The van der Waals surface area contributed by atoms with Crippen LogP contribution in [0.15, 0.2) is 84.9 Å². The van der Waals surface area contributed by atoms with Crippen LogP contribution in [-0.4, -0.2) is 20.2 Å². The zero-order chi connectivity index (χ0) is 17.8. The number of anilines is 1. The number of hydrogen-bond acceptors (Lipinski definition) is 3. The second-order valence-corrected chi connectivity index (χ2v) is 7.95. The van der Waals surface area contributed by atoms with Crippen molar-refractivity contribution in [1.29, 1.82) is 0 Å². The first-order chi connectivity index (χ1) is 12.8. The van der Waals surface area contributed by atoms with Gasteiger partial charge < -0.3 is 9.64 Å². The minimum absolute atomic E-state index is 0.456. The Labute approximate surface area is 159 Å². The van der Waals surface area contributed by atoms with Gasteiger partial charge in [-0.1, -0.05) is 60.7 Å². The van der Waals surface area contributed by atoms with Crippen molar-refractivity contribution in [2.24, 2.45) is 0 Å². The summed E-state index contributed by atoms with van der Waals surface area (Å²) in [6.45, 7) is 2.04. The first kappa shape index (κ1) is 17.0. The van der Waals surface area contributed by atoms with Crippen molar-refractivity contribution >= 4 is 17.4 Å². The fourth-order valence-electron chi connectivity index (χ4n) is 3.47. The van der Waals surface area contributed by atoms with Crippen LogP contribution in [0, 0.1) is 0 Å². The minimum atomic E-state index is 0.456. The highest BCUT2D eigenvalue weighted by Crippen LogP contribution is 2.46. The van der Waals surface area contributed by atoms with Crippen LogP contribution in [0.25, 0.3) is 0 Å². The molecule has 0 radical (unpaired) electrons. The van der Waals surface area contributed by atoms with Gasteiger partial charge in [-0.3, -0.25) is 0 Å². The van der Waals surface area contributed by atoms with E-state index >= 15 is 0 Å². The molecule has 3 heteroatoms. The number of methoxy groups -OCH3 is 1. The third kappa shape index (κ3) is 3.73. The van der Waals surface area contributed by atoms with E-state index in [9.17, 15) is 0 Å². The van der Waals surface area contributed by atoms with E-state index in [4.69, 9.17) is 4.74 Å². The molecule has 2 nitrogen and oxygen atoms in total. The maximum Gasteiger partial charge on any atom is 0.119 e. The van der Waals surface area contributed by atoms with Crippen LogP contribution >= 0.6 is 11.8 Å². The van der Waals surface area contributed by atoms with Gasteiger partial charge in [-0.25, -0.2) is 0 Å². The van der Waals surface area contributed by atoms with E-state index in [0.29, 0.717) is 10.5 Å². The molecule has 3 aromatic carbocycles. The highest BCUT2D eigenvalue weighted by molar-refractivity contribution is 7.99. The van der Waals surface area contributed by atoms with Gasteiger partial charge in [-0.15, -0.1) is 11.8 Å². The van der Waals surface area contributed by atoms with Gasteiger partial charge in [0.1, 0.15) is 5.75 Å². The first-order valence-electron chi connectivity index (χ1n) is 8.98. The summed E-state index contributed by atoms with van der Waals surface area (Å²) in [5.74, 6) is 0.902. The van der Waals surface area contributed by atoms with Crippen molar-refractivity contribution in [3.05, 3.63) is 96.1 Å². The van der Waals surface area contributed by atoms with Gasteiger partial charge in [-0.2, -0.15) is 0 Å². The summed E-state index contributed by atoms with van der Waals surface area (Å²) < 4.78 is 5.31. The molecule has 1 heterocycles. The summed E-state index contributed by atoms with van der Waals surface area (Å²) >= 11 is 2.08. The topological polar surface area (TPSA) is 12.5 Å².